The van der Waals surface area contributed by atoms with Crippen LogP contribution in [0.25, 0.3) is 0 Å². The molecule has 1 aromatic heterocycles. The zero-order valence-electron chi connectivity index (χ0n) is 10.5. The van der Waals surface area contributed by atoms with Crippen LogP contribution in [-0.2, 0) is 9.47 Å². The van der Waals surface area contributed by atoms with Crippen molar-refractivity contribution in [2.45, 2.75) is 12.2 Å². The van der Waals surface area contributed by atoms with Crippen LogP contribution >= 0.6 is 0 Å². The van der Waals surface area contributed by atoms with Crippen molar-refractivity contribution >= 4 is 11.7 Å². The molecule has 0 radical (unpaired) electrons. The number of nitrogens with one attached hydrogen (secondary N) is 1. The van der Waals surface area contributed by atoms with Crippen molar-refractivity contribution in [1.82, 2.24) is 10.2 Å². The van der Waals surface area contributed by atoms with E-state index in [4.69, 9.17) is 20.6 Å². The fourth-order valence-corrected chi connectivity index (χ4v) is 2.14. The van der Waals surface area contributed by atoms with E-state index in [0.717, 1.165) is 0 Å². The molecule has 7 nitrogen and oxygen atoms in total. The Morgan fingerprint density at radius 2 is 2.00 bits per heavy atom. The molecule has 0 spiro atoms. The van der Waals surface area contributed by atoms with Gasteiger partial charge in [0.05, 0.1) is 11.8 Å². The summed E-state index contributed by atoms with van der Waals surface area (Å²) in [6.45, 7) is 1.29. The first-order valence-electron chi connectivity index (χ1n) is 5.64. The fraction of sp³-hybridized carbons (Fsp3) is 0.545. The summed E-state index contributed by atoms with van der Waals surface area (Å²) in [6, 6.07) is 1.69. The Labute approximate surface area is 105 Å². The highest BCUT2D eigenvalue weighted by Crippen LogP contribution is 2.23. The summed E-state index contributed by atoms with van der Waals surface area (Å²) in [7, 11) is 3.31. The molecule has 0 aromatic carbocycles. The van der Waals surface area contributed by atoms with Gasteiger partial charge in [-0.05, 0) is 6.07 Å². The third-order valence-corrected chi connectivity index (χ3v) is 3.11. The van der Waals surface area contributed by atoms with E-state index in [0.29, 0.717) is 24.5 Å². The molecule has 0 bridgehead atoms. The Bertz CT molecular complexity index is 427. The van der Waals surface area contributed by atoms with Gasteiger partial charge in [0.1, 0.15) is 18.0 Å². The fourth-order valence-electron chi connectivity index (χ4n) is 2.14. The SMILES string of the molecule is COC1CN(c2nnccc2C(=N)N)CC1OC. The average molecular weight is 251 g/mol. The van der Waals surface area contributed by atoms with Crippen LogP contribution in [0.2, 0.25) is 0 Å². The first kappa shape index (κ1) is 12.7. The van der Waals surface area contributed by atoms with Gasteiger partial charge in [-0.3, -0.25) is 5.41 Å². The van der Waals surface area contributed by atoms with Gasteiger partial charge >= 0.3 is 0 Å². The zero-order valence-corrected chi connectivity index (χ0v) is 10.5. The number of anilines is 1. The molecule has 18 heavy (non-hydrogen) atoms. The van der Waals surface area contributed by atoms with Crippen molar-refractivity contribution < 1.29 is 9.47 Å². The second kappa shape index (κ2) is 5.28. The third kappa shape index (κ3) is 2.27. The predicted octanol–water partition coefficient (Wildman–Crippen LogP) is -0.389. The molecular formula is C11H17N5O2. The number of rotatable bonds is 4. The normalized spacial score (nSPS) is 23.3. The van der Waals surface area contributed by atoms with Gasteiger partial charge in [-0.15, -0.1) is 5.10 Å². The lowest BCUT2D eigenvalue weighted by Gasteiger charge is -2.18. The predicted molar refractivity (Wildman–Crippen MR) is 66.9 cm³/mol. The van der Waals surface area contributed by atoms with Crippen LogP contribution in [0.3, 0.4) is 0 Å². The quantitative estimate of drug-likeness (QED) is 0.559. The summed E-state index contributed by atoms with van der Waals surface area (Å²) in [5, 5.41) is 15.5. The monoisotopic (exact) mass is 251 g/mol. The van der Waals surface area contributed by atoms with E-state index in [9.17, 15) is 0 Å². The van der Waals surface area contributed by atoms with Gasteiger partial charge in [0.15, 0.2) is 5.82 Å². The van der Waals surface area contributed by atoms with E-state index in [-0.39, 0.29) is 18.0 Å². The molecular weight excluding hydrogens is 234 g/mol. The largest absolute Gasteiger partial charge is 0.384 e. The minimum atomic E-state index is -0.0188. The lowest BCUT2D eigenvalue weighted by molar-refractivity contribution is -0.00461. The lowest BCUT2D eigenvalue weighted by atomic mass is 10.2. The van der Waals surface area contributed by atoms with Gasteiger partial charge in [-0.25, -0.2) is 0 Å². The maximum absolute atomic E-state index is 7.55. The Morgan fingerprint density at radius 1 is 1.39 bits per heavy atom. The highest BCUT2D eigenvalue weighted by atomic mass is 16.5. The topological polar surface area (TPSA) is 97.4 Å². The van der Waals surface area contributed by atoms with E-state index in [1.807, 2.05) is 4.90 Å². The van der Waals surface area contributed by atoms with Gasteiger partial charge in [0.25, 0.3) is 0 Å². The highest BCUT2D eigenvalue weighted by molar-refractivity contribution is 5.99. The maximum atomic E-state index is 7.55. The van der Waals surface area contributed by atoms with Gasteiger partial charge < -0.3 is 20.1 Å². The van der Waals surface area contributed by atoms with Crippen molar-refractivity contribution in [1.29, 1.82) is 5.41 Å². The molecule has 3 N–H and O–H groups in total. The van der Waals surface area contributed by atoms with Crippen LogP contribution in [0.15, 0.2) is 12.3 Å². The van der Waals surface area contributed by atoms with Crippen LogP contribution in [0.1, 0.15) is 5.56 Å². The lowest BCUT2D eigenvalue weighted by Crippen LogP contribution is -2.27. The van der Waals surface area contributed by atoms with Gasteiger partial charge in [-0.2, -0.15) is 5.10 Å². The summed E-state index contributed by atoms with van der Waals surface area (Å²) >= 11 is 0. The summed E-state index contributed by atoms with van der Waals surface area (Å²) < 4.78 is 10.7. The molecule has 1 fully saturated rings. The number of hydrogen-bond donors (Lipinski definition) is 2. The Morgan fingerprint density at radius 3 is 2.50 bits per heavy atom. The second-order valence-corrected chi connectivity index (χ2v) is 4.14. The number of nitrogens with two attached hydrogens (primary N) is 1. The molecule has 1 aliphatic heterocycles. The number of hydrogen-bond acceptors (Lipinski definition) is 6. The Kier molecular flexibility index (Phi) is 3.73. The van der Waals surface area contributed by atoms with Crippen molar-refractivity contribution in [3.63, 3.8) is 0 Å². The van der Waals surface area contributed by atoms with E-state index in [1.165, 1.54) is 6.20 Å². The first-order chi connectivity index (χ1) is 8.67. The van der Waals surface area contributed by atoms with Crippen molar-refractivity contribution in [3.05, 3.63) is 17.8 Å². The van der Waals surface area contributed by atoms with Crippen LogP contribution in [-0.4, -0.2) is 55.6 Å². The minimum absolute atomic E-state index is 0.0168. The van der Waals surface area contributed by atoms with Crippen LogP contribution < -0.4 is 10.6 Å². The van der Waals surface area contributed by atoms with Crippen LogP contribution in [0.4, 0.5) is 5.82 Å². The number of amidine groups is 1. The molecule has 0 saturated carbocycles. The van der Waals surface area contributed by atoms with Crippen molar-refractivity contribution in [3.8, 4) is 0 Å². The van der Waals surface area contributed by atoms with E-state index >= 15 is 0 Å². The molecule has 1 saturated heterocycles. The third-order valence-electron chi connectivity index (χ3n) is 3.11. The van der Waals surface area contributed by atoms with Crippen molar-refractivity contribution in [2.75, 3.05) is 32.2 Å². The standard InChI is InChI=1S/C11H17N5O2/c1-17-8-5-16(6-9(8)18-2)11-7(10(12)13)3-4-14-15-11/h3-4,8-9H,5-6H2,1-2H3,(H3,12,13). The molecule has 1 aromatic rings. The number of aromatic nitrogens is 2. The van der Waals surface area contributed by atoms with E-state index in [1.54, 1.807) is 20.3 Å². The van der Waals surface area contributed by atoms with Gasteiger partial charge in [0.2, 0.25) is 0 Å². The van der Waals surface area contributed by atoms with Crippen molar-refractivity contribution in [2.24, 2.45) is 5.73 Å². The smallest absolute Gasteiger partial charge is 0.162 e. The van der Waals surface area contributed by atoms with Crippen LogP contribution in [0, 0.1) is 5.41 Å². The molecule has 7 heteroatoms. The van der Waals surface area contributed by atoms with E-state index < -0.39 is 0 Å². The first-order valence-corrected chi connectivity index (χ1v) is 5.64. The zero-order chi connectivity index (χ0) is 13.1. The highest BCUT2D eigenvalue weighted by Gasteiger charge is 2.34. The summed E-state index contributed by atoms with van der Waals surface area (Å²) in [5.41, 5.74) is 6.12. The Hall–Kier alpha value is -1.73. The second-order valence-electron chi connectivity index (χ2n) is 4.14. The number of methoxy groups -OCH3 is 2. The molecule has 2 atom stereocenters. The molecule has 0 amide bonds. The minimum Gasteiger partial charge on any atom is -0.384 e. The molecule has 0 aliphatic carbocycles. The molecule has 98 valence electrons. The summed E-state index contributed by atoms with van der Waals surface area (Å²) in [4.78, 5) is 1.98. The number of nitrogen functional groups attached to an aromatic ring is 1. The molecule has 2 heterocycles. The molecule has 1 aliphatic rings. The number of ether oxygens (including phenoxy) is 2. The number of nitrogens with zero attached hydrogens (tertiary/aromatic N) is 3. The van der Waals surface area contributed by atoms with E-state index in [2.05, 4.69) is 10.2 Å². The average Bonchev–Trinajstić information content (AvgIpc) is 2.81. The van der Waals surface area contributed by atoms with Gasteiger partial charge in [0, 0.05) is 27.3 Å². The summed E-state index contributed by atoms with van der Waals surface area (Å²) in [5.74, 6) is 0.585. The Balaban J connectivity index is 2.26. The maximum Gasteiger partial charge on any atom is 0.162 e. The van der Waals surface area contributed by atoms with Crippen LogP contribution in [0.5, 0.6) is 0 Å². The molecule has 2 unspecified atom stereocenters. The van der Waals surface area contributed by atoms with Gasteiger partial charge in [-0.1, -0.05) is 0 Å². The molecule has 2 rings (SSSR count). The summed E-state index contributed by atoms with van der Waals surface area (Å²) in [6.07, 6.45) is 1.49.